The fourth-order valence-corrected chi connectivity index (χ4v) is 3.31. The van der Waals surface area contributed by atoms with Crippen LogP contribution >= 0.6 is 11.6 Å². The fourth-order valence-electron chi connectivity index (χ4n) is 3.11. The Labute approximate surface area is 160 Å². The lowest BCUT2D eigenvalue weighted by Crippen LogP contribution is -2.41. The quantitative estimate of drug-likeness (QED) is 0.451. The second-order valence-corrected chi connectivity index (χ2v) is 7.07. The Morgan fingerprint density at radius 1 is 1.46 bits per heavy atom. The summed E-state index contributed by atoms with van der Waals surface area (Å²) in [7, 11) is 1.68. The van der Waals surface area contributed by atoms with E-state index in [2.05, 4.69) is 10.6 Å². The number of hydrogen-bond donors (Lipinski definition) is 3. The van der Waals surface area contributed by atoms with Crippen molar-refractivity contribution in [2.75, 3.05) is 46.6 Å². The Morgan fingerprint density at radius 3 is 2.92 bits per heavy atom. The molecule has 26 heavy (non-hydrogen) atoms. The molecule has 0 bridgehead atoms. The van der Waals surface area contributed by atoms with Crippen molar-refractivity contribution in [3.63, 3.8) is 0 Å². The van der Waals surface area contributed by atoms with Gasteiger partial charge >= 0.3 is 0 Å². The van der Waals surface area contributed by atoms with E-state index in [4.69, 9.17) is 26.1 Å². The maximum absolute atomic E-state index is 9.35. The van der Waals surface area contributed by atoms with Gasteiger partial charge in [0.15, 0.2) is 5.96 Å². The van der Waals surface area contributed by atoms with Gasteiger partial charge in [0.05, 0.1) is 19.3 Å². The molecule has 2 atom stereocenters. The van der Waals surface area contributed by atoms with E-state index in [1.54, 1.807) is 7.11 Å². The van der Waals surface area contributed by atoms with Crippen LogP contribution in [0, 0.1) is 5.41 Å². The predicted molar refractivity (Wildman–Crippen MR) is 105 cm³/mol. The molecule has 2 unspecified atom stereocenters. The summed E-state index contributed by atoms with van der Waals surface area (Å²) in [4.78, 5) is 4.73. The molecule has 1 saturated heterocycles. The maximum atomic E-state index is 9.35. The monoisotopic (exact) mass is 383 g/mol. The maximum Gasteiger partial charge on any atom is 0.191 e. The normalized spacial score (nSPS) is 21.6. The molecule has 1 heterocycles. The first-order chi connectivity index (χ1) is 12.6. The van der Waals surface area contributed by atoms with Gasteiger partial charge in [0.25, 0.3) is 0 Å². The van der Waals surface area contributed by atoms with Gasteiger partial charge in [0.2, 0.25) is 0 Å². The van der Waals surface area contributed by atoms with Gasteiger partial charge in [-0.05, 0) is 37.5 Å². The van der Waals surface area contributed by atoms with E-state index < -0.39 is 0 Å². The first-order valence-corrected chi connectivity index (χ1v) is 9.49. The zero-order chi connectivity index (χ0) is 18.8. The first-order valence-electron chi connectivity index (χ1n) is 9.11. The average molecular weight is 384 g/mol. The largest absolute Gasteiger partial charge is 0.396 e. The van der Waals surface area contributed by atoms with Crippen LogP contribution in [-0.4, -0.2) is 57.6 Å². The third-order valence-electron chi connectivity index (χ3n) is 4.70. The van der Waals surface area contributed by atoms with Crippen molar-refractivity contribution in [2.45, 2.75) is 25.9 Å². The molecule has 7 heteroatoms. The Kier molecular flexibility index (Phi) is 8.65. The molecule has 1 aliphatic rings. The van der Waals surface area contributed by atoms with Crippen LogP contribution in [0.4, 0.5) is 0 Å². The number of aliphatic hydroxyl groups excluding tert-OH is 1. The predicted octanol–water partition coefficient (Wildman–Crippen LogP) is 2.37. The van der Waals surface area contributed by atoms with Gasteiger partial charge < -0.3 is 25.2 Å². The molecule has 0 aliphatic carbocycles. The molecular formula is C19H30ClN3O3. The summed E-state index contributed by atoms with van der Waals surface area (Å²) in [5.41, 5.74) is 0.953. The number of methoxy groups -OCH3 is 1. The van der Waals surface area contributed by atoms with E-state index in [0.717, 1.165) is 31.1 Å². The van der Waals surface area contributed by atoms with Gasteiger partial charge in [-0.25, -0.2) is 0 Å². The summed E-state index contributed by atoms with van der Waals surface area (Å²) in [5.74, 6) is 0.737. The molecule has 1 aliphatic heterocycles. The van der Waals surface area contributed by atoms with E-state index in [1.165, 1.54) is 0 Å². The Morgan fingerprint density at radius 2 is 2.31 bits per heavy atom. The van der Waals surface area contributed by atoms with Gasteiger partial charge in [-0.15, -0.1) is 0 Å². The third-order valence-corrected chi connectivity index (χ3v) is 4.94. The van der Waals surface area contributed by atoms with Crippen molar-refractivity contribution in [1.82, 2.24) is 10.6 Å². The molecule has 2 rings (SSSR count). The van der Waals surface area contributed by atoms with Crippen molar-refractivity contribution in [3.05, 3.63) is 34.9 Å². The van der Waals surface area contributed by atoms with Crippen molar-refractivity contribution in [3.8, 4) is 0 Å². The summed E-state index contributed by atoms with van der Waals surface area (Å²) >= 11 is 6.08. The molecule has 0 saturated carbocycles. The van der Waals surface area contributed by atoms with Crippen LogP contribution in [0.15, 0.2) is 29.3 Å². The second-order valence-electron chi connectivity index (χ2n) is 6.63. The van der Waals surface area contributed by atoms with Gasteiger partial charge in [-0.2, -0.15) is 0 Å². The number of hydrogen-bond acceptors (Lipinski definition) is 4. The third kappa shape index (κ3) is 6.13. The molecule has 6 nitrogen and oxygen atoms in total. The number of benzene rings is 1. The number of aliphatic imine (C=N–C) groups is 1. The minimum absolute atomic E-state index is 0.0648. The molecule has 0 radical (unpaired) electrons. The summed E-state index contributed by atoms with van der Waals surface area (Å²) in [6.07, 6.45) is 1.51. The summed E-state index contributed by atoms with van der Waals surface area (Å²) in [6.45, 7) is 5.54. The highest BCUT2D eigenvalue weighted by Crippen LogP contribution is 2.32. The number of nitrogens with one attached hydrogen (secondary N) is 2. The minimum Gasteiger partial charge on any atom is -0.396 e. The minimum atomic E-state index is -0.126. The fraction of sp³-hybridized carbons (Fsp3) is 0.632. The molecule has 0 aromatic heterocycles. The molecule has 0 amide bonds. The Hall–Kier alpha value is -1.34. The lowest BCUT2D eigenvalue weighted by atomic mass is 9.84. The van der Waals surface area contributed by atoms with Crippen LogP contribution in [0.25, 0.3) is 0 Å². The van der Waals surface area contributed by atoms with Crippen LogP contribution in [0.5, 0.6) is 0 Å². The van der Waals surface area contributed by atoms with Gasteiger partial charge in [0.1, 0.15) is 0 Å². The van der Waals surface area contributed by atoms with Crippen molar-refractivity contribution >= 4 is 17.6 Å². The highest BCUT2D eigenvalue weighted by Gasteiger charge is 2.34. The standard InChI is InChI=1S/C19H30ClN3O3/c1-3-21-18(23-13-19(7-9-24)8-10-26-14-19)22-12-17(25-2)15-5-4-6-16(20)11-15/h4-6,11,17,24H,3,7-10,12-14H2,1-2H3,(H2,21,22,23). The van der Waals surface area contributed by atoms with Crippen molar-refractivity contribution in [2.24, 2.45) is 10.4 Å². The summed E-state index contributed by atoms with van der Waals surface area (Å²) in [6, 6.07) is 7.67. The van der Waals surface area contributed by atoms with E-state index in [-0.39, 0.29) is 18.1 Å². The molecule has 1 fully saturated rings. The van der Waals surface area contributed by atoms with E-state index in [1.807, 2.05) is 31.2 Å². The van der Waals surface area contributed by atoms with Crippen LogP contribution in [0.1, 0.15) is 31.4 Å². The molecule has 1 aromatic carbocycles. The Bertz CT molecular complexity index is 577. The zero-order valence-corrected chi connectivity index (χ0v) is 16.4. The van der Waals surface area contributed by atoms with Gasteiger partial charge in [-0.1, -0.05) is 23.7 Å². The topological polar surface area (TPSA) is 75.1 Å². The van der Waals surface area contributed by atoms with E-state index in [9.17, 15) is 5.11 Å². The highest BCUT2D eigenvalue weighted by molar-refractivity contribution is 6.30. The summed E-state index contributed by atoms with van der Waals surface area (Å²) < 4.78 is 11.1. The molecule has 0 spiro atoms. The number of rotatable bonds is 9. The number of guanidine groups is 1. The zero-order valence-electron chi connectivity index (χ0n) is 15.6. The van der Waals surface area contributed by atoms with Crippen LogP contribution < -0.4 is 10.6 Å². The van der Waals surface area contributed by atoms with Crippen LogP contribution in [0.2, 0.25) is 5.02 Å². The van der Waals surface area contributed by atoms with Crippen LogP contribution in [-0.2, 0) is 9.47 Å². The van der Waals surface area contributed by atoms with E-state index in [0.29, 0.717) is 31.1 Å². The SMILES string of the molecule is CCNC(=NCC1(CCO)CCOC1)NCC(OC)c1cccc(Cl)c1. The van der Waals surface area contributed by atoms with Gasteiger partial charge in [0, 0.05) is 43.9 Å². The number of halogens is 1. The number of ether oxygens (including phenoxy) is 2. The summed E-state index contributed by atoms with van der Waals surface area (Å²) in [5, 5.41) is 16.6. The highest BCUT2D eigenvalue weighted by atomic mass is 35.5. The average Bonchev–Trinajstić information content (AvgIpc) is 3.09. The number of aliphatic hydroxyl groups is 1. The van der Waals surface area contributed by atoms with Gasteiger partial charge in [-0.3, -0.25) is 4.99 Å². The Balaban J connectivity index is 1.99. The number of nitrogens with zero attached hydrogens (tertiary/aromatic N) is 1. The molecular weight excluding hydrogens is 354 g/mol. The molecule has 3 N–H and O–H groups in total. The van der Waals surface area contributed by atoms with Crippen molar-refractivity contribution < 1.29 is 14.6 Å². The lowest BCUT2D eigenvalue weighted by molar-refractivity contribution is 0.106. The smallest absolute Gasteiger partial charge is 0.191 e. The van der Waals surface area contributed by atoms with Crippen LogP contribution in [0.3, 0.4) is 0 Å². The molecule has 146 valence electrons. The first kappa shape index (κ1) is 21.0. The van der Waals surface area contributed by atoms with E-state index >= 15 is 0 Å². The molecule has 1 aromatic rings. The second kappa shape index (κ2) is 10.7. The lowest BCUT2D eigenvalue weighted by Gasteiger charge is -2.25. The van der Waals surface area contributed by atoms with Crippen molar-refractivity contribution in [1.29, 1.82) is 0 Å².